The van der Waals surface area contributed by atoms with Crippen LogP contribution in [0.15, 0.2) is 134 Å². The molecule has 6 heteroatoms. The SMILES string of the molecule is CC/C=C\C/C=C\C/C=C\C/C=C\C/C=C\C/C=C\C/C=C\CCCC(=O)OCC(COC(=O)CCCCCCC/C=C\C/C=C\CCCCC)OC(=O)CCCCCCCCCCCCC/C=C\C/C=C\CCCCCCC. The summed E-state index contributed by atoms with van der Waals surface area (Å²) in [5.74, 6) is -0.981. The normalized spacial score (nSPS) is 13.0. The summed E-state index contributed by atoms with van der Waals surface area (Å²) in [4.78, 5) is 38.3. The van der Waals surface area contributed by atoms with Gasteiger partial charge in [-0.3, -0.25) is 14.4 Å². The molecular formula is C73H120O6. The molecule has 0 fully saturated rings. The minimum absolute atomic E-state index is 0.107. The molecule has 6 nitrogen and oxygen atoms in total. The molecule has 0 aromatic heterocycles. The molecule has 1 atom stereocenters. The Morgan fingerprint density at radius 3 is 0.848 bits per heavy atom. The van der Waals surface area contributed by atoms with Crippen molar-refractivity contribution in [2.75, 3.05) is 13.2 Å². The van der Waals surface area contributed by atoms with Crippen molar-refractivity contribution in [1.29, 1.82) is 0 Å². The van der Waals surface area contributed by atoms with E-state index in [0.717, 1.165) is 122 Å². The summed E-state index contributed by atoms with van der Waals surface area (Å²) < 4.78 is 16.9. The Morgan fingerprint density at radius 1 is 0.266 bits per heavy atom. The lowest BCUT2D eigenvalue weighted by Gasteiger charge is -2.18. The first-order chi connectivity index (χ1) is 39.0. The zero-order valence-electron chi connectivity index (χ0n) is 51.3. The van der Waals surface area contributed by atoms with Crippen molar-refractivity contribution in [2.45, 2.75) is 297 Å². The first-order valence-corrected chi connectivity index (χ1v) is 32.7. The fourth-order valence-electron chi connectivity index (χ4n) is 8.73. The molecule has 0 aromatic carbocycles. The maximum atomic E-state index is 12.9. The largest absolute Gasteiger partial charge is 0.462 e. The average Bonchev–Trinajstić information content (AvgIpc) is 3.45. The van der Waals surface area contributed by atoms with Crippen LogP contribution in [0.1, 0.15) is 290 Å². The highest BCUT2D eigenvalue weighted by atomic mass is 16.6. The van der Waals surface area contributed by atoms with Crippen molar-refractivity contribution < 1.29 is 28.6 Å². The maximum Gasteiger partial charge on any atom is 0.306 e. The first kappa shape index (κ1) is 74.5. The van der Waals surface area contributed by atoms with Crippen molar-refractivity contribution in [3.05, 3.63) is 134 Å². The predicted octanol–water partition coefficient (Wildman–Crippen LogP) is 22.5. The summed E-state index contributed by atoms with van der Waals surface area (Å²) in [6.45, 7) is 6.44. The van der Waals surface area contributed by atoms with Gasteiger partial charge in [0.1, 0.15) is 13.2 Å². The van der Waals surface area contributed by atoms with Gasteiger partial charge in [0.2, 0.25) is 0 Å². The highest BCUT2D eigenvalue weighted by Crippen LogP contribution is 2.15. The van der Waals surface area contributed by atoms with Gasteiger partial charge in [0.15, 0.2) is 6.10 Å². The second-order valence-electron chi connectivity index (χ2n) is 21.3. The van der Waals surface area contributed by atoms with E-state index >= 15 is 0 Å². The van der Waals surface area contributed by atoms with Gasteiger partial charge < -0.3 is 14.2 Å². The third-order valence-electron chi connectivity index (χ3n) is 13.6. The van der Waals surface area contributed by atoms with Crippen molar-refractivity contribution in [3.63, 3.8) is 0 Å². The molecule has 1 unspecified atom stereocenters. The number of ether oxygens (including phenoxy) is 3. The molecule has 0 aliphatic heterocycles. The molecule has 79 heavy (non-hydrogen) atoms. The van der Waals surface area contributed by atoms with Crippen LogP contribution in [0, 0.1) is 0 Å². The Bertz CT molecular complexity index is 1680. The molecule has 0 heterocycles. The maximum absolute atomic E-state index is 12.9. The second kappa shape index (κ2) is 66.1. The number of esters is 3. The zero-order chi connectivity index (χ0) is 57.1. The van der Waals surface area contributed by atoms with Gasteiger partial charge in [0.05, 0.1) is 0 Å². The molecular weight excluding hydrogens is 973 g/mol. The van der Waals surface area contributed by atoms with Gasteiger partial charge in [-0.05, 0) is 135 Å². The molecule has 448 valence electrons. The smallest absolute Gasteiger partial charge is 0.306 e. The molecule has 0 rings (SSSR count). The average molecular weight is 1090 g/mol. The monoisotopic (exact) mass is 1090 g/mol. The summed E-state index contributed by atoms with van der Waals surface area (Å²) in [6.07, 6.45) is 93.2. The van der Waals surface area contributed by atoms with Gasteiger partial charge in [0.25, 0.3) is 0 Å². The third kappa shape index (κ3) is 64.3. The van der Waals surface area contributed by atoms with Crippen LogP contribution < -0.4 is 0 Å². The summed E-state index contributed by atoms with van der Waals surface area (Å²) in [6, 6.07) is 0. The van der Waals surface area contributed by atoms with Gasteiger partial charge in [-0.1, -0.05) is 270 Å². The Labute approximate surface area is 487 Å². The van der Waals surface area contributed by atoms with Crippen LogP contribution in [0.4, 0.5) is 0 Å². The third-order valence-corrected chi connectivity index (χ3v) is 13.6. The molecule has 0 amide bonds. The fraction of sp³-hybridized carbons (Fsp3) is 0.658. The summed E-state index contributed by atoms with van der Waals surface area (Å²) >= 11 is 0. The van der Waals surface area contributed by atoms with Gasteiger partial charge in [-0.2, -0.15) is 0 Å². The molecule has 0 spiro atoms. The number of allylic oxidation sites excluding steroid dienone is 22. The van der Waals surface area contributed by atoms with Crippen LogP contribution in [0.2, 0.25) is 0 Å². The summed E-state index contributed by atoms with van der Waals surface area (Å²) in [5.41, 5.74) is 0. The van der Waals surface area contributed by atoms with E-state index in [1.165, 1.54) is 122 Å². The topological polar surface area (TPSA) is 78.9 Å². The lowest BCUT2D eigenvalue weighted by atomic mass is 10.0. The molecule has 0 radical (unpaired) electrons. The van der Waals surface area contributed by atoms with Gasteiger partial charge in [-0.15, -0.1) is 0 Å². The van der Waals surface area contributed by atoms with E-state index in [2.05, 4.69) is 154 Å². The van der Waals surface area contributed by atoms with Crippen LogP contribution in [0.25, 0.3) is 0 Å². The van der Waals surface area contributed by atoms with Crippen LogP contribution in [0.3, 0.4) is 0 Å². The molecule has 0 saturated carbocycles. The Morgan fingerprint density at radius 2 is 0.506 bits per heavy atom. The number of carbonyl (C=O) groups excluding carboxylic acids is 3. The van der Waals surface area contributed by atoms with Crippen molar-refractivity contribution >= 4 is 17.9 Å². The lowest BCUT2D eigenvalue weighted by Crippen LogP contribution is -2.30. The molecule has 0 N–H and O–H groups in total. The molecule has 0 aromatic rings. The highest BCUT2D eigenvalue weighted by molar-refractivity contribution is 5.71. The standard InChI is InChI=1S/C73H120O6/c1-4-7-10-13-16-19-22-25-28-30-32-34-36-38-40-42-45-48-51-54-57-60-63-66-72(75)78-69-70(68-77-71(74)65-62-59-56-53-50-47-44-27-24-21-18-15-12-9-6-3)79-73(76)67-64-61-58-55-52-49-46-43-41-39-37-35-33-31-29-26-23-20-17-14-11-8-5-2/h7,10,16,18-19,21,23,25-28,31-34,38,40,44-45,48,54,57,70H,4-6,8-9,11-15,17,20,22,24,29-30,35-37,39,41-43,46-47,49-53,55-56,58-69H2,1-3H3/b10-7-,19-16-,21-18-,26-23-,28-25-,33-31-,34-32-,40-38-,44-27-,48-45-,57-54-. The quantitative estimate of drug-likeness (QED) is 0.0261. The Balaban J connectivity index is 4.49. The number of carbonyl (C=O) groups is 3. The van der Waals surface area contributed by atoms with Crippen LogP contribution in [0.5, 0.6) is 0 Å². The van der Waals surface area contributed by atoms with E-state index in [0.29, 0.717) is 19.3 Å². The summed E-state index contributed by atoms with van der Waals surface area (Å²) in [7, 11) is 0. The number of rotatable bonds is 58. The van der Waals surface area contributed by atoms with Crippen LogP contribution in [-0.4, -0.2) is 37.2 Å². The Kier molecular flexibility index (Phi) is 62.3. The van der Waals surface area contributed by atoms with Gasteiger partial charge in [-0.25, -0.2) is 0 Å². The van der Waals surface area contributed by atoms with Crippen molar-refractivity contribution in [3.8, 4) is 0 Å². The van der Waals surface area contributed by atoms with E-state index in [4.69, 9.17) is 14.2 Å². The highest BCUT2D eigenvalue weighted by Gasteiger charge is 2.19. The molecule has 0 aliphatic carbocycles. The van der Waals surface area contributed by atoms with Crippen molar-refractivity contribution in [1.82, 2.24) is 0 Å². The zero-order valence-corrected chi connectivity index (χ0v) is 51.3. The lowest BCUT2D eigenvalue weighted by molar-refractivity contribution is -0.167. The van der Waals surface area contributed by atoms with Crippen molar-refractivity contribution in [2.24, 2.45) is 0 Å². The van der Waals surface area contributed by atoms with E-state index in [1.54, 1.807) is 0 Å². The minimum Gasteiger partial charge on any atom is -0.462 e. The van der Waals surface area contributed by atoms with E-state index in [-0.39, 0.29) is 37.5 Å². The molecule has 0 bridgehead atoms. The summed E-state index contributed by atoms with van der Waals surface area (Å²) in [5, 5.41) is 0. The fourth-order valence-corrected chi connectivity index (χ4v) is 8.73. The second-order valence-corrected chi connectivity index (χ2v) is 21.3. The van der Waals surface area contributed by atoms with Crippen LogP contribution >= 0.6 is 0 Å². The number of hydrogen-bond acceptors (Lipinski definition) is 6. The van der Waals surface area contributed by atoms with E-state index in [9.17, 15) is 14.4 Å². The predicted molar refractivity (Wildman–Crippen MR) is 343 cm³/mol. The molecule has 0 saturated heterocycles. The van der Waals surface area contributed by atoms with Gasteiger partial charge in [0, 0.05) is 19.3 Å². The first-order valence-electron chi connectivity index (χ1n) is 32.7. The number of hydrogen-bond donors (Lipinski definition) is 0. The van der Waals surface area contributed by atoms with Gasteiger partial charge >= 0.3 is 17.9 Å². The number of unbranched alkanes of at least 4 members (excludes halogenated alkanes) is 25. The van der Waals surface area contributed by atoms with Crippen LogP contribution in [-0.2, 0) is 28.6 Å². The minimum atomic E-state index is -0.815. The molecule has 0 aliphatic rings. The van der Waals surface area contributed by atoms with E-state index < -0.39 is 6.10 Å². The van der Waals surface area contributed by atoms with E-state index in [1.807, 2.05) is 0 Å². The Hall–Kier alpha value is -4.45.